The number of carbonyl (C=O) groups is 1. The van der Waals surface area contributed by atoms with Crippen LogP contribution < -0.4 is 0 Å². The molecular formula is C17H15N3O3. The molecule has 0 atom stereocenters. The van der Waals surface area contributed by atoms with Crippen molar-refractivity contribution in [1.29, 1.82) is 0 Å². The number of pyridine rings is 1. The summed E-state index contributed by atoms with van der Waals surface area (Å²) in [5.41, 5.74) is 2.68. The van der Waals surface area contributed by atoms with E-state index in [1.165, 1.54) is 0 Å². The van der Waals surface area contributed by atoms with Crippen LogP contribution in [0.15, 0.2) is 48.5 Å². The first-order valence-corrected chi connectivity index (χ1v) is 7.17. The lowest BCUT2D eigenvalue weighted by molar-refractivity contribution is 0.0519. The Kier molecular flexibility index (Phi) is 4.05. The first kappa shape index (κ1) is 14.8. The topological polar surface area (TPSA) is 88.1 Å². The third-order valence-electron chi connectivity index (χ3n) is 3.27. The van der Waals surface area contributed by atoms with E-state index in [1.807, 2.05) is 6.07 Å². The molecule has 23 heavy (non-hydrogen) atoms. The van der Waals surface area contributed by atoms with Gasteiger partial charge in [0.25, 0.3) is 0 Å². The third-order valence-corrected chi connectivity index (χ3v) is 3.27. The molecule has 0 saturated heterocycles. The summed E-state index contributed by atoms with van der Waals surface area (Å²) in [6.45, 7) is 2.04. The highest BCUT2D eigenvalue weighted by molar-refractivity contribution is 5.87. The van der Waals surface area contributed by atoms with E-state index < -0.39 is 5.97 Å². The lowest BCUT2D eigenvalue weighted by atomic mass is 10.1. The predicted octanol–water partition coefficient (Wildman–Crippen LogP) is 3.02. The first-order chi connectivity index (χ1) is 11.2. The average Bonchev–Trinajstić information content (AvgIpc) is 3.05. The molecule has 2 heterocycles. The number of benzene rings is 1. The molecule has 2 N–H and O–H groups in total. The van der Waals surface area contributed by atoms with E-state index in [2.05, 4.69) is 15.2 Å². The van der Waals surface area contributed by atoms with Crippen molar-refractivity contribution in [1.82, 2.24) is 15.2 Å². The molecule has 6 nitrogen and oxygen atoms in total. The van der Waals surface area contributed by atoms with Crippen LogP contribution in [0.1, 0.15) is 17.4 Å². The zero-order valence-electron chi connectivity index (χ0n) is 12.5. The number of rotatable bonds is 4. The Bertz CT molecular complexity index is 842. The Morgan fingerprint density at radius 3 is 2.78 bits per heavy atom. The van der Waals surface area contributed by atoms with Gasteiger partial charge in [0, 0.05) is 5.56 Å². The fourth-order valence-corrected chi connectivity index (χ4v) is 2.18. The van der Waals surface area contributed by atoms with Gasteiger partial charge in [0.2, 0.25) is 0 Å². The number of para-hydroxylation sites is 1. The minimum absolute atomic E-state index is 0.152. The maximum Gasteiger partial charge on any atom is 0.356 e. The Balaban J connectivity index is 1.93. The average molecular weight is 309 g/mol. The van der Waals surface area contributed by atoms with Crippen LogP contribution in [0.25, 0.3) is 22.6 Å². The van der Waals surface area contributed by atoms with Crippen molar-refractivity contribution >= 4 is 5.97 Å². The first-order valence-electron chi connectivity index (χ1n) is 7.17. The standard InChI is InChI=1S/C17H15N3O3/c1-2-23-17(22)13-8-5-7-12(18-13)15-10-14(19-20-15)11-6-3-4-9-16(11)21/h3-10,21H,2H2,1H3,(H,19,20). The van der Waals surface area contributed by atoms with Crippen molar-refractivity contribution in [3.05, 3.63) is 54.2 Å². The number of hydrogen-bond donors (Lipinski definition) is 2. The second-order valence-electron chi connectivity index (χ2n) is 4.81. The van der Waals surface area contributed by atoms with Gasteiger partial charge in [-0.15, -0.1) is 0 Å². The Hall–Kier alpha value is -3.15. The number of phenols is 1. The van der Waals surface area contributed by atoms with Gasteiger partial charge in [-0.1, -0.05) is 18.2 Å². The Labute approximate surface area is 132 Å². The highest BCUT2D eigenvalue weighted by atomic mass is 16.5. The molecule has 0 aliphatic rings. The van der Waals surface area contributed by atoms with Gasteiger partial charge >= 0.3 is 5.97 Å². The number of nitrogens with zero attached hydrogens (tertiary/aromatic N) is 2. The van der Waals surface area contributed by atoms with Crippen molar-refractivity contribution in [2.45, 2.75) is 6.92 Å². The molecule has 0 radical (unpaired) electrons. The minimum Gasteiger partial charge on any atom is -0.507 e. The summed E-state index contributed by atoms with van der Waals surface area (Å²) >= 11 is 0. The summed E-state index contributed by atoms with van der Waals surface area (Å²) in [5, 5.41) is 17.0. The number of carbonyl (C=O) groups excluding carboxylic acids is 1. The van der Waals surface area contributed by atoms with Crippen LogP contribution in [0.4, 0.5) is 0 Å². The smallest absolute Gasteiger partial charge is 0.356 e. The fourth-order valence-electron chi connectivity index (χ4n) is 2.18. The Morgan fingerprint density at radius 2 is 2.00 bits per heavy atom. The highest BCUT2D eigenvalue weighted by Crippen LogP contribution is 2.29. The quantitative estimate of drug-likeness (QED) is 0.723. The molecule has 3 rings (SSSR count). The third kappa shape index (κ3) is 3.06. The van der Waals surface area contributed by atoms with E-state index in [-0.39, 0.29) is 11.4 Å². The van der Waals surface area contributed by atoms with Crippen molar-refractivity contribution in [3.63, 3.8) is 0 Å². The van der Waals surface area contributed by atoms with Crippen LogP contribution in [0.5, 0.6) is 5.75 Å². The normalized spacial score (nSPS) is 10.5. The molecule has 6 heteroatoms. The van der Waals surface area contributed by atoms with Gasteiger partial charge in [0.15, 0.2) is 0 Å². The summed E-state index contributed by atoms with van der Waals surface area (Å²) in [4.78, 5) is 16.0. The van der Waals surface area contributed by atoms with E-state index in [1.54, 1.807) is 49.4 Å². The van der Waals surface area contributed by atoms with Crippen LogP contribution in [0.2, 0.25) is 0 Å². The lowest BCUT2D eigenvalue weighted by Gasteiger charge is -2.02. The zero-order valence-corrected chi connectivity index (χ0v) is 12.5. The van der Waals surface area contributed by atoms with Gasteiger partial charge in [-0.3, -0.25) is 5.10 Å². The van der Waals surface area contributed by atoms with Gasteiger partial charge < -0.3 is 9.84 Å². The largest absolute Gasteiger partial charge is 0.507 e. The molecule has 2 aromatic heterocycles. The number of H-pyrrole nitrogens is 1. The number of aromatic amines is 1. The number of aromatic hydroxyl groups is 1. The molecular weight excluding hydrogens is 294 g/mol. The molecule has 0 saturated carbocycles. The number of nitrogens with one attached hydrogen (secondary N) is 1. The lowest BCUT2D eigenvalue weighted by Crippen LogP contribution is -2.07. The SMILES string of the molecule is CCOC(=O)c1cccc(-c2cc(-c3ccccc3O)n[nH]2)n1. The maximum atomic E-state index is 11.8. The number of esters is 1. The second-order valence-corrected chi connectivity index (χ2v) is 4.81. The summed E-state index contributed by atoms with van der Waals surface area (Å²) in [6, 6.07) is 13.8. The summed E-state index contributed by atoms with van der Waals surface area (Å²) < 4.78 is 4.95. The van der Waals surface area contributed by atoms with Gasteiger partial charge in [-0.25, -0.2) is 9.78 Å². The van der Waals surface area contributed by atoms with Crippen LogP contribution >= 0.6 is 0 Å². The number of phenolic OH excluding ortho intramolecular Hbond substituents is 1. The molecule has 0 aliphatic carbocycles. The van der Waals surface area contributed by atoms with Crippen molar-refractivity contribution < 1.29 is 14.6 Å². The van der Waals surface area contributed by atoms with Crippen LogP contribution in [0, 0.1) is 0 Å². The van der Waals surface area contributed by atoms with Gasteiger partial charge in [-0.05, 0) is 37.3 Å². The molecule has 3 aromatic rings. The van der Waals surface area contributed by atoms with E-state index in [9.17, 15) is 9.90 Å². The van der Waals surface area contributed by atoms with Crippen LogP contribution in [-0.4, -0.2) is 32.9 Å². The zero-order chi connectivity index (χ0) is 16.2. The van der Waals surface area contributed by atoms with E-state index in [0.717, 1.165) is 0 Å². The van der Waals surface area contributed by atoms with E-state index >= 15 is 0 Å². The van der Waals surface area contributed by atoms with Crippen molar-refractivity contribution in [3.8, 4) is 28.4 Å². The minimum atomic E-state index is -0.463. The van der Waals surface area contributed by atoms with Crippen LogP contribution in [0.3, 0.4) is 0 Å². The van der Waals surface area contributed by atoms with E-state index in [4.69, 9.17) is 4.74 Å². The summed E-state index contributed by atoms with van der Waals surface area (Å²) in [7, 11) is 0. The molecule has 0 bridgehead atoms. The molecule has 0 unspecified atom stereocenters. The summed E-state index contributed by atoms with van der Waals surface area (Å²) in [6.07, 6.45) is 0. The Morgan fingerprint density at radius 1 is 1.17 bits per heavy atom. The van der Waals surface area contributed by atoms with Crippen LogP contribution in [-0.2, 0) is 4.74 Å². The molecule has 0 aliphatic heterocycles. The molecule has 0 spiro atoms. The fraction of sp³-hybridized carbons (Fsp3) is 0.118. The van der Waals surface area contributed by atoms with Crippen molar-refractivity contribution in [2.75, 3.05) is 6.61 Å². The number of ether oxygens (including phenoxy) is 1. The molecule has 0 amide bonds. The maximum absolute atomic E-state index is 11.8. The number of aromatic nitrogens is 3. The molecule has 1 aromatic carbocycles. The predicted molar refractivity (Wildman–Crippen MR) is 84.9 cm³/mol. The van der Waals surface area contributed by atoms with Gasteiger partial charge in [-0.2, -0.15) is 5.10 Å². The van der Waals surface area contributed by atoms with E-state index in [0.29, 0.717) is 29.3 Å². The highest BCUT2D eigenvalue weighted by Gasteiger charge is 2.13. The molecule has 0 fully saturated rings. The molecule has 116 valence electrons. The number of hydrogen-bond acceptors (Lipinski definition) is 5. The second kappa shape index (κ2) is 6.31. The summed E-state index contributed by atoms with van der Waals surface area (Å²) in [5.74, 6) is -0.312. The monoisotopic (exact) mass is 309 g/mol. The van der Waals surface area contributed by atoms with Gasteiger partial charge in [0.1, 0.15) is 11.4 Å². The van der Waals surface area contributed by atoms with Gasteiger partial charge in [0.05, 0.1) is 23.7 Å². The van der Waals surface area contributed by atoms with Crippen molar-refractivity contribution in [2.24, 2.45) is 0 Å².